The molecule has 0 bridgehead atoms. The van der Waals surface area contributed by atoms with E-state index in [-0.39, 0.29) is 11.8 Å². The van der Waals surface area contributed by atoms with Crippen molar-refractivity contribution in [1.82, 2.24) is 5.32 Å². The van der Waals surface area contributed by atoms with Gasteiger partial charge in [-0.1, -0.05) is 13.8 Å². The monoisotopic (exact) mass is 270 g/mol. The van der Waals surface area contributed by atoms with Gasteiger partial charge in [0.1, 0.15) is 18.4 Å². The molecule has 19 heavy (non-hydrogen) atoms. The Morgan fingerprint density at radius 3 is 2.47 bits per heavy atom. The summed E-state index contributed by atoms with van der Waals surface area (Å²) in [7, 11) is 1.27. The quantitative estimate of drug-likeness (QED) is 0.290. The molecule has 0 aromatic heterocycles. The number of nitrogens with one attached hydrogen (secondary N) is 1. The predicted molar refractivity (Wildman–Crippen MR) is 72.0 cm³/mol. The maximum atomic E-state index is 12.0. The first-order valence-electron chi connectivity index (χ1n) is 6.25. The Labute approximate surface area is 113 Å². The highest BCUT2D eigenvalue weighted by atomic mass is 16.5. The smallest absolute Gasteiger partial charge is 0.328 e. The van der Waals surface area contributed by atoms with E-state index in [9.17, 15) is 14.4 Å². The van der Waals surface area contributed by atoms with Crippen LogP contribution in [0, 0.1) is 5.92 Å². The molecular weight excluding hydrogens is 248 g/mol. The van der Waals surface area contributed by atoms with Crippen LogP contribution in [0.2, 0.25) is 0 Å². The number of esters is 1. The molecule has 0 spiro atoms. The maximum absolute atomic E-state index is 12.0. The molecule has 0 aliphatic heterocycles. The minimum Gasteiger partial charge on any atom is -0.467 e. The summed E-state index contributed by atoms with van der Waals surface area (Å²) in [6, 6.07) is -1.35. The first kappa shape index (κ1) is 17.3. The number of carbonyl (C=O) groups excluding carboxylic acids is 3. The van der Waals surface area contributed by atoms with Gasteiger partial charge in [0.05, 0.1) is 7.11 Å². The van der Waals surface area contributed by atoms with Crippen LogP contribution in [0.15, 0.2) is 4.99 Å². The summed E-state index contributed by atoms with van der Waals surface area (Å²) < 4.78 is 4.64. The molecule has 1 N–H and O–H groups in total. The largest absolute Gasteiger partial charge is 0.467 e. The number of nitrogens with zero attached hydrogens (tertiary/aromatic N) is 1. The van der Waals surface area contributed by atoms with Crippen molar-refractivity contribution in [3.05, 3.63) is 0 Å². The zero-order valence-electron chi connectivity index (χ0n) is 11.7. The lowest BCUT2D eigenvalue weighted by Gasteiger charge is -2.21. The number of methoxy groups -OCH3 is 1. The Bertz CT molecular complexity index is 329. The van der Waals surface area contributed by atoms with Gasteiger partial charge in [0, 0.05) is 6.42 Å². The van der Waals surface area contributed by atoms with Crippen molar-refractivity contribution in [3.8, 4) is 0 Å². The Hall–Kier alpha value is -1.72. The van der Waals surface area contributed by atoms with E-state index in [4.69, 9.17) is 0 Å². The van der Waals surface area contributed by atoms with Crippen LogP contribution in [-0.4, -0.2) is 44.1 Å². The summed E-state index contributed by atoms with van der Waals surface area (Å²) in [4.78, 5) is 37.5. The number of amides is 1. The summed E-state index contributed by atoms with van der Waals surface area (Å²) >= 11 is 0. The Morgan fingerprint density at radius 2 is 2.05 bits per heavy atom. The van der Waals surface area contributed by atoms with Gasteiger partial charge in [-0.25, -0.2) is 4.79 Å². The number of hydrogen-bond acceptors (Lipinski definition) is 5. The topological polar surface area (TPSA) is 84.8 Å². The van der Waals surface area contributed by atoms with E-state index in [1.54, 1.807) is 0 Å². The van der Waals surface area contributed by atoms with E-state index < -0.39 is 18.1 Å². The van der Waals surface area contributed by atoms with Gasteiger partial charge < -0.3 is 14.8 Å². The number of aliphatic imine (C=N–C) groups is 1. The van der Waals surface area contributed by atoms with Crippen LogP contribution in [0.1, 0.15) is 33.1 Å². The van der Waals surface area contributed by atoms with Crippen LogP contribution < -0.4 is 5.32 Å². The number of unbranched alkanes of at least 4 members (excludes halogenated alkanes) is 1. The minimum atomic E-state index is -0.701. The van der Waals surface area contributed by atoms with Gasteiger partial charge in [-0.2, -0.15) is 0 Å². The third-order valence-electron chi connectivity index (χ3n) is 2.74. The second-order valence-electron chi connectivity index (χ2n) is 4.55. The average molecular weight is 270 g/mol. The molecule has 6 nitrogen and oxygen atoms in total. The average Bonchev–Trinajstić information content (AvgIpc) is 2.39. The number of rotatable bonds is 9. The van der Waals surface area contributed by atoms with E-state index in [1.165, 1.54) is 7.11 Å². The van der Waals surface area contributed by atoms with Gasteiger partial charge in [0.15, 0.2) is 0 Å². The molecule has 0 saturated heterocycles. The lowest BCUT2D eigenvalue weighted by atomic mass is 10.0. The lowest BCUT2D eigenvalue weighted by Crippen LogP contribution is -2.48. The molecule has 0 heterocycles. The number of carbonyl (C=O) groups is 3. The van der Waals surface area contributed by atoms with Crippen molar-refractivity contribution >= 4 is 24.9 Å². The predicted octanol–water partition coefficient (Wildman–Crippen LogP) is 0.739. The number of hydrogen-bond donors (Lipinski definition) is 1. The maximum Gasteiger partial charge on any atom is 0.328 e. The second kappa shape index (κ2) is 9.24. The Morgan fingerprint density at radius 1 is 1.42 bits per heavy atom. The summed E-state index contributed by atoms with van der Waals surface area (Å²) in [5, 5.41) is 2.61. The molecule has 2 atom stereocenters. The van der Waals surface area contributed by atoms with E-state index in [0.29, 0.717) is 19.3 Å². The van der Waals surface area contributed by atoms with Gasteiger partial charge in [-0.3, -0.25) is 9.79 Å². The van der Waals surface area contributed by atoms with Gasteiger partial charge >= 0.3 is 5.97 Å². The SMILES string of the molecule is C=N[C@@H](CCCC=O)C(=O)N[C@H](C(=O)OC)C(C)C. The highest BCUT2D eigenvalue weighted by Gasteiger charge is 2.27. The van der Waals surface area contributed by atoms with Crippen molar-refractivity contribution in [2.24, 2.45) is 10.9 Å². The van der Waals surface area contributed by atoms with E-state index >= 15 is 0 Å². The van der Waals surface area contributed by atoms with Crippen molar-refractivity contribution in [1.29, 1.82) is 0 Å². The molecule has 0 aliphatic carbocycles. The van der Waals surface area contributed by atoms with Gasteiger partial charge in [-0.05, 0) is 25.5 Å². The fraction of sp³-hybridized carbons (Fsp3) is 0.692. The fourth-order valence-electron chi connectivity index (χ4n) is 1.57. The summed E-state index contributed by atoms with van der Waals surface area (Å²) in [6.45, 7) is 6.98. The highest BCUT2D eigenvalue weighted by molar-refractivity contribution is 5.88. The zero-order valence-corrected chi connectivity index (χ0v) is 11.7. The molecule has 6 heteroatoms. The third-order valence-corrected chi connectivity index (χ3v) is 2.74. The molecule has 0 aromatic carbocycles. The molecule has 0 rings (SSSR count). The molecule has 0 saturated carbocycles. The summed E-state index contributed by atoms with van der Waals surface area (Å²) in [5.41, 5.74) is 0. The molecular formula is C13H22N2O4. The molecule has 0 unspecified atom stereocenters. The lowest BCUT2D eigenvalue weighted by molar-refractivity contribution is -0.146. The summed E-state index contributed by atoms with van der Waals surface area (Å²) in [6.07, 6.45) is 2.17. The zero-order chi connectivity index (χ0) is 14.8. The third kappa shape index (κ3) is 6.13. The Kier molecular flexibility index (Phi) is 8.41. The number of aldehydes is 1. The van der Waals surface area contributed by atoms with Crippen LogP contribution in [0.4, 0.5) is 0 Å². The molecule has 1 amide bonds. The molecule has 0 aromatic rings. The first-order chi connectivity index (χ1) is 8.97. The van der Waals surface area contributed by atoms with Crippen molar-refractivity contribution in [3.63, 3.8) is 0 Å². The second-order valence-corrected chi connectivity index (χ2v) is 4.55. The van der Waals surface area contributed by atoms with Crippen LogP contribution in [-0.2, 0) is 19.1 Å². The van der Waals surface area contributed by atoms with E-state index in [0.717, 1.165) is 6.29 Å². The van der Waals surface area contributed by atoms with Crippen LogP contribution in [0.25, 0.3) is 0 Å². The van der Waals surface area contributed by atoms with E-state index in [2.05, 4.69) is 21.8 Å². The molecule has 108 valence electrons. The normalized spacial score (nSPS) is 13.5. The van der Waals surface area contributed by atoms with Crippen LogP contribution >= 0.6 is 0 Å². The van der Waals surface area contributed by atoms with Crippen molar-refractivity contribution < 1.29 is 19.1 Å². The van der Waals surface area contributed by atoms with Gasteiger partial charge in [-0.15, -0.1) is 0 Å². The van der Waals surface area contributed by atoms with Gasteiger partial charge in [0.25, 0.3) is 0 Å². The van der Waals surface area contributed by atoms with Crippen molar-refractivity contribution in [2.75, 3.05) is 7.11 Å². The highest BCUT2D eigenvalue weighted by Crippen LogP contribution is 2.08. The molecule has 0 radical (unpaired) electrons. The minimum absolute atomic E-state index is 0.0863. The van der Waals surface area contributed by atoms with Crippen LogP contribution in [0.5, 0.6) is 0 Å². The fourth-order valence-corrected chi connectivity index (χ4v) is 1.57. The van der Waals surface area contributed by atoms with Crippen LogP contribution in [0.3, 0.4) is 0 Å². The Balaban J connectivity index is 4.54. The van der Waals surface area contributed by atoms with Gasteiger partial charge in [0.2, 0.25) is 5.91 Å². The van der Waals surface area contributed by atoms with E-state index in [1.807, 2.05) is 13.8 Å². The standard InChI is InChI=1S/C13H22N2O4/c1-9(2)11(13(18)19-4)15-12(17)10(14-3)7-5-6-8-16/h8-11H,3,5-7H2,1-2,4H3,(H,15,17)/t10-,11-/m0/s1. The molecule has 0 aliphatic rings. The first-order valence-corrected chi connectivity index (χ1v) is 6.25. The molecule has 0 fully saturated rings. The number of ether oxygens (including phenoxy) is 1. The van der Waals surface area contributed by atoms with Crippen molar-refractivity contribution in [2.45, 2.75) is 45.2 Å². The summed E-state index contributed by atoms with van der Waals surface area (Å²) in [5.74, 6) is -0.944.